The fraction of sp³-hybridized carbons (Fsp3) is 0.200. The third kappa shape index (κ3) is 3.13. The molecule has 0 saturated heterocycles. The molecule has 0 heterocycles. The highest BCUT2D eigenvalue weighted by Crippen LogP contribution is 2.14. The number of benzene rings is 2. The Kier molecular flexibility index (Phi) is 3.60. The molecule has 81 valence electrons. The van der Waals surface area contributed by atoms with Crippen LogP contribution < -0.4 is 0 Å². The highest BCUT2D eigenvalue weighted by atomic mass is 16.3. The van der Waals surface area contributed by atoms with E-state index in [1.165, 1.54) is 5.56 Å². The van der Waals surface area contributed by atoms with Gasteiger partial charge in [0.2, 0.25) is 0 Å². The highest BCUT2D eigenvalue weighted by molar-refractivity contribution is 5.27. The van der Waals surface area contributed by atoms with Gasteiger partial charge < -0.3 is 0 Å². The van der Waals surface area contributed by atoms with E-state index in [4.69, 9.17) is 0 Å². The Bertz CT molecular complexity index is 434. The third-order valence-electron chi connectivity index (χ3n) is 2.67. The van der Waals surface area contributed by atoms with E-state index in [1.807, 2.05) is 18.2 Å². The van der Waals surface area contributed by atoms with Crippen LogP contribution >= 0.6 is 0 Å². The zero-order valence-corrected chi connectivity index (χ0v) is 9.23. The summed E-state index contributed by atoms with van der Waals surface area (Å²) < 4.78 is 0. The summed E-state index contributed by atoms with van der Waals surface area (Å²) in [6.45, 7) is 0. The van der Waals surface area contributed by atoms with Crippen LogP contribution in [0.4, 0.5) is 0 Å². The van der Waals surface area contributed by atoms with E-state index in [1.54, 1.807) is 12.1 Å². The van der Waals surface area contributed by atoms with Crippen molar-refractivity contribution in [3.05, 3.63) is 65.7 Å². The van der Waals surface area contributed by atoms with Gasteiger partial charge in [-0.3, -0.25) is 5.11 Å². The molecule has 2 aromatic rings. The predicted molar refractivity (Wildman–Crippen MR) is 65.0 cm³/mol. The smallest absolute Gasteiger partial charge is 0.178 e. The third-order valence-corrected chi connectivity index (χ3v) is 2.67. The second-order valence-electron chi connectivity index (χ2n) is 3.99. The van der Waals surface area contributed by atoms with Crippen LogP contribution in [0.1, 0.15) is 17.5 Å². The largest absolute Gasteiger partial charge is 0.290 e. The Morgan fingerprint density at radius 1 is 0.750 bits per heavy atom. The van der Waals surface area contributed by atoms with Gasteiger partial charge in [-0.05, 0) is 42.5 Å². The van der Waals surface area contributed by atoms with Crippen LogP contribution in [0, 0.1) is 0 Å². The number of rotatable bonds is 4. The lowest BCUT2D eigenvalue weighted by atomic mass is 10.0. The Morgan fingerprint density at radius 2 is 1.44 bits per heavy atom. The lowest BCUT2D eigenvalue weighted by molar-refractivity contribution is 0.354. The minimum atomic E-state index is 0.109. The Hall–Kier alpha value is -1.76. The van der Waals surface area contributed by atoms with Crippen molar-refractivity contribution < 1.29 is 5.11 Å². The Labute approximate surface area is 96.4 Å². The van der Waals surface area contributed by atoms with Crippen LogP contribution in [0.2, 0.25) is 0 Å². The van der Waals surface area contributed by atoms with Crippen molar-refractivity contribution in [1.82, 2.24) is 0 Å². The fourth-order valence-corrected chi connectivity index (χ4v) is 1.84. The quantitative estimate of drug-likeness (QED) is 0.728. The van der Waals surface area contributed by atoms with Gasteiger partial charge in [0.05, 0.1) is 0 Å². The average molecular weight is 211 g/mol. The molecule has 1 radical (unpaired) electrons. The zero-order valence-electron chi connectivity index (χ0n) is 9.23. The molecule has 0 aliphatic rings. The molecule has 0 saturated carbocycles. The molecule has 0 aromatic heterocycles. The summed E-state index contributed by atoms with van der Waals surface area (Å²) in [7, 11) is 0. The first-order chi connectivity index (χ1) is 7.84. The van der Waals surface area contributed by atoms with Gasteiger partial charge in [0.15, 0.2) is 5.75 Å². The molecule has 0 spiro atoms. The highest BCUT2D eigenvalue weighted by Gasteiger charge is 1.97. The molecule has 1 heteroatoms. The zero-order chi connectivity index (χ0) is 11.2. The van der Waals surface area contributed by atoms with Crippen molar-refractivity contribution in [3.8, 4) is 5.75 Å². The van der Waals surface area contributed by atoms with Crippen LogP contribution in [0.25, 0.3) is 0 Å². The fourth-order valence-electron chi connectivity index (χ4n) is 1.84. The van der Waals surface area contributed by atoms with E-state index in [9.17, 15) is 5.11 Å². The molecule has 0 fully saturated rings. The van der Waals surface area contributed by atoms with Crippen LogP contribution in [0.5, 0.6) is 5.75 Å². The molecular weight excluding hydrogens is 196 g/mol. The Balaban J connectivity index is 1.85. The molecule has 0 bridgehead atoms. The maximum Gasteiger partial charge on any atom is 0.178 e. The van der Waals surface area contributed by atoms with Crippen molar-refractivity contribution in [2.75, 3.05) is 0 Å². The maximum atomic E-state index is 11.1. The van der Waals surface area contributed by atoms with Gasteiger partial charge in [0, 0.05) is 0 Å². The molecule has 2 aromatic carbocycles. The van der Waals surface area contributed by atoms with Crippen molar-refractivity contribution in [2.24, 2.45) is 0 Å². The van der Waals surface area contributed by atoms with Crippen LogP contribution in [0.15, 0.2) is 54.6 Å². The van der Waals surface area contributed by atoms with Gasteiger partial charge in [0.1, 0.15) is 0 Å². The van der Waals surface area contributed by atoms with Gasteiger partial charge in [-0.2, -0.15) is 0 Å². The second-order valence-corrected chi connectivity index (χ2v) is 3.99. The van der Waals surface area contributed by atoms with Crippen molar-refractivity contribution >= 4 is 0 Å². The minimum Gasteiger partial charge on any atom is -0.290 e. The molecule has 0 atom stereocenters. The number of hydrogen-bond donors (Lipinski definition) is 0. The molecule has 0 amide bonds. The molecule has 0 N–H and O–H groups in total. The van der Waals surface area contributed by atoms with E-state index in [-0.39, 0.29) is 5.75 Å². The van der Waals surface area contributed by atoms with Gasteiger partial charge in [-0.25, -0.2) is 0 Å². The summed E-state index contributed by atoms with van der Waals surface area (Å²) in [5.41, 5.74) is 2.50. The van der Waals surface area contributed by atoms with Crippen LogP contribution in [0.3, 0.4) is 0 Å². The lowest BCUT2D eigenvalue weighted by Crippen LogP contribution is -1.89. The molecular formula is C15H15O. The SMILES string of the molecule is [O]c1cccc(CCCc2ccccc2)c1. The van der Waals surface area contributed by atoms with Crippen molar-refractivity contribution in [3.63, 3.8) is 0 Å². The molecule has 0 aliphatic carbocycles. The van der Waals surface area contributed by atoms with Crippen molar-refractivity contribution in [2.45, 2.75) is 19.3 Å². The summed E-state index contributed by atoms with van der Waals surface area (Å²) in [6.07, 6.45) is 3.14. The van der Waals surface area contributed by atoms with E-state index in [0.717, 1.165) is 24.8 Å². The molecule has 2 rings (SSSR count). The van der Waals surface area contributed by atoms with Gasteiger partial charge >= 0.3 is 0 Å². The van der Waals surface area contributed by atoms with Gasteiger partial charge in [-0.15, -0.1) is 0 Å². The van der Waals surface area contributed by atoms with E-state index < -0.39 is 0 Å². The first-order valence-corrected chi connectivity index (χ1v) is 5.64. The van der Waals surface area contributed by atoms with Crippen molar-refractivity contribution in [1.29, 1.82) is 0 Å². The predicted octanol–water partition coefficient (Wildman–Crippen LogP) is 4.01. The summed E-state index contributed by atoms with van der Waals surface area (Å²) in [4.78, 5) is 0. The summed E-state index contributed by atoms with van der Waals surface area (Å²) in [6, 6.07) is 17.6. The first-order valence-electron chi connectivity index (χ1n) is 5.64. The normalized spacial score (nSPS) is 10.2. The van der Waals surface area contributed by atoms with Gasteiger partial charge in [-0.1, -0.05) is 42.5 Å². The van der Waals surface area contributed by atoms with E-state index in [0.29, 0.717) is 0 Å². The molecule has 0 aliphatic heterocycles. The maximum absolute atomic E-state index is 11.1. The van der Waals surface area contributed by atoms with E-state index >= 15 is 0 Å². The summed E-state index contributed by atoms with van der Waals surface area (Å²) >= 11 is 0. The Morgan fingerprint density at radius 3 is 2.19 bits per heavy atom. The van der Waals surface area contributed by atoms with E-state index in [2.05, 4.69) is 24.3 Å². The van der Waals surface area contributed by atoms with Crippen LogP contribution in [-0.2, 0) is 17.9 Å². The lowest BCUT2D eigenvalue weighted by Gasteiger charge is -2.02. The first kappa shape index (κ1) is 10.7. The summed E-state index contributed by atoms with van der Waals surface area (Å²) in [5, 5.41) is 11.1. The van der Waals surface area contributed by atoms with Gasteiger partial charge in [0.25, 0.3) is 0 Å². The minimum absolute atomic E-state index is 0.109. The topological polar surface area (TPSA) is 19.9 Å². The molecule has 16 heavy (non-hydrogen) atoms. The molecule has 0 unspecified atom stereocenters. The summed E-state index contributed by atoms with van der Waals surface area (Å²) in [5.74, 6) is 0.109. The monoisotopic (exact) mass is 211 g/mol. The standard InChI is InChI=1S/C15H15O/c16-15-11-5-10-14(12-15)9-4-8-13-6-2-1-3-7-13/h1-3,5-7,10-12H,4,8-9H2. The molecule has 1 nitrogen and oxygen atoms in total. The van der Waals surface area contributed by atoms with Crippen LogP contribution in [-0.4, -0.2) is 0 Å². The number of aryl methyl sites for hydroxylation is 2. The second kappa shape index (κ2) is 5.36. The average Bonchev–Trinajstić information content (AvgIpc) is 2.30. The number of hydrogen-bond acceptors (Lipinski definition) is 0.